The van der Waals surface area contributed by atoms with E-state index in [-0.39, 0.29) is 12.5 Å². The Morgan fingerprint density at radius 1 is 0.303 bits per heavy atom. The molecule has 0 spiro atoms. The van der Waals surface area contributed by atoms with Crippen molar-refractivity contribution in [1.29, 1.82) is 0 Å². The van der Waals surface area contributed by atoms with Crippen molar-refractivity contribution in [2.45, 2.75) is 398 Å². The van der Waals surface area contributed by atoms with E-state index < -0.39 is 12.1 Å². The van der Waals surface area contributed by atoms with Crippen LogP contribution >= 0.6 is 0 Å². The molecule has 76 heavy (non-hydrogen) atoms. The van der Waals surface area contributed by atoms with Crippen LogP contribution in [-0.4, -0.2) is 34.9 Å². The summed E-state index contributed by atoms with van der Waals surface area (Å²) in [4.78, 5) is 12.5. The van der Waals surface area contributed by atoms with Crippen molar-refractivity contribution in [1.82, 2.24) is 5.32 Å². The molecule has 0 aliphatic rings. The summed E-state index contributed by atoms with van der Waals surface area (Å²) < 4.78 is 0. The van der Waals surface area contributed by atoms with Crippen molar-refractivity contribution in [2.24, 2.45) is 0 Å². The van der Waals surface area contributed by atoms with Gasteiger partial charge < -0.3 is 15.5 Å². The van der Waals surface area contributed by atoms with Crippen LogP contribution in [0.2, 0.25) is 0 Å². The number of carbonyl (C=O) groups is 1. The molecule has 4 nitrogen and oxygen atoms in total. The van der Waals surface area contributed by atoms with Crippen LogP contribution in [0, 0.1) is 0 Å². The zero-order chi connectivity index (χ0) is 54.8. The average Bonchev–Trinajstić information content (AvgIpc) is 3.42. The first kappa shape index (κ1) is 74.3. The molecule has 1 amide bonds. The molecule has 0 aliphatic carbocycles. The van der Waals surface area contributed by atoms with Crippen LogP contribution in [0.25, 0.3) is 0 Å². The Hall–Kier alpha value is -1.65. The SMILES string of the molecule is CCCCCCCCCC/C=C\CCCCCCCCCCCCCCCCCCCCCC(=O)NC(CO)C(O)/C=C/CC/C=C/CC/C=C/CCCCCCCCCCCCCCCCCCCCCCCCC. The first-order valence-electron chi connectivity index (χ1n) is 34.9. The molecule has 0 aromatic carbocycles. The third-order valence-corrected chi connectivity index (χ3v) is 16.3. The van der Waals surface area contributed by atoms with Gasteiger partial charge in [-0.3, -0.25) is 4.79 Å². The minimum Gasteiger partial charge on any atom is -0.394 e. The molecule has 2 unspecified atom stereocenters. The molecular formula is C72H137NO3. The van der Waals surface area contributed by atoms with Gasteiger partial charge in [0.2, 0.25) is 5.91 Å². The largest absolute Gasteiger partial charge is 0.394 e. The van der Waals surface area contributed by atoms with Gasteiger partial charge in [-0.2, -0.15) is 0 Å². The number of nitrogens with one attached hydrogen (secondary N) is 1. The van der Waals surface area contributed by atoms with E-state index in [1.54, 1.807) is 6.08 Å². The molecule has 448 valence electrons. The van der Waals surface area contributed by atoms with Crippen molar-refractivity contribution in [2.75, 3.05) is 6.61 Å². The summed E-state index contributed by atoms with van der Waals surface area (Å²) >= 11 is 0. The van der Waals surface area contributed by atoms with Crippen molar-refractivity contribution in [3.8, 4) is 0 Å². The van der Waals surface area contributed by atoms with Crippen molar-refractivity contribution >= 4 is 5.91 Å². The number of hydrogen-bond acceptors (Lipinski definition) is 3. The summed E-state index contributed by atoms with van der Waals surface area (Å²) in [6.07, 6.45) is 94.9. The Kier molecular flexibility index (Phi) is 66.2. The van der Waals surface area contributed by atoms with Crippen LogP contribution in [0.1, 0.15) is 386 Å². The summed E-state index contributed by atoms with van der Waals surface area (Å²) in [7, 11) is 0. The topological polar surface area (TPSA) is 69.6 Å². The molecule has 0 saturated carbocycles. The van der Waals surface area contributed by atoms with Gasteiger partial charge in [0.25, 0.3) is 0 Å². The molecular weight excluding hydrogens is 927 g/mol. The highest BCUT2D eigenvalue weighted by Gasteiger charge is 2.18. The summed E-state index contributed by atoms with van der Waals surface area (Å²) in [6, 6.07) is -0.647. The minimum absolute atomic E-state index is 0.0712. The summed E-state index contributed by atoms with van der Waals surface area (Å²) in [5.74, 6) is -0.0712. The predicted octanol–water partition coefficient (Wildman–Crippen LogP) is 23.7. The molecule has 0 fully saturated rings. The highest BCUT2D eigenvalue weighted by atomic mass is 16.3. The Balaban J connectivity index is 3.48. The number of aliphatic hydroxyl groups excluding tert-OH is 2. The molecule has 0 radical (unpaired) electrons. The van der Waals surface area contributed by atoms with Gasteiger partial charge in [-0.05, 0) is 70.6 Å². The Labute approximate surface area is 477 Å². The van der Waals surface area contributed by atoms with Crippen LogP contribution in [0.15, 0.2) is 48.6 Å². The zero-order valence-corrected chi connectivity index (χ0v) is 51.8. The van der Waals surface area contributed by atoms with Gasteiger partial charge in [0.15, 0.2) is 0 Å². The monoisotopic (exact) mass is 1060 g/mol. The van der Waals surface area contributed by atoms with Crippen LogP contribution in [0.3, 0.4) is 0 Å². The fourth-order valence-corrected chi connectivity index (χ4v) is 11.0. The molecule has 2 atom stereocenters. The maximum atomic E-state index is 12.5. The van der Waals surface area contributed by atoms with Crippen LogP contribution in [0.5, 0.6) is 0 Å². The number of hydrogen-bond donors (Lipinski definition) is 3. The van der Waals surface area contributed by atoms with Gasteiger partial charge in [-0.15, -0.1) is 0 Å². The molecule has 0 heterocycles. The second kappa shape index (κ2) is 67.6. The van der Waals surface area contributed by atoms with Gasteiger partial charge in [0.05, 0.1) is 18.8 Å². The Morgan fingerprint density at radius 3 is 0.763 bits per heavy atom. The maximum Gasteiger partial charge on any atom is 0.220 e. The zero-order valence-electron chi connectivity index (χ0n) is 51.8. The van der Waals surface area contributed by atoms with Gasteiger partial charge >= 0.3 is 0 Å². The average molecular weight is 1060 g/mol. The Morgan fingerprint density at radius 2 is 0.513 bits per heavy atom. The lowest BCUT2D eigenvalue weighted by Crippen LogP contribution is -2.45. The van der Waals surface area contributed by atoms with Crippen molar-refractivity contribution in [3.63, 3.8) is 0 Å². The van der Waals surface area contributed by atoms with Gasteiger partial charge in [-0.1, -0.05) is 358 Å². The van der Waals surface area contributed by atoms with E-state index in [2.05, 4.69) is 55.6 Å². The number of amides is 1. The lowest BCUT2D eigenvalue weighted by Gasteiger charge is -2.19. The van der Waals surface area contributed by atoms with E-state index in [1.165, 1.54) is 327 Å². The molecule has 0 aromatic heterocycles. The maximum absolute atomic E-state index is 12.5. The van der Waals surface area contributed by atoms with E-state index >= 15 is 0 Å². The first-order chi connectivity index (χ1) is 37.7. The van der Waals surface area contributed by atoms with Crippen LogP contribution < -0.4 is 5.32 Å². The third kappa shape index (κ3) is 63.2. The lowest BCUT2D eigenvalue weighted by molar-refractivity contribution is -0.123. The third-order valence-electron chi connectivity index (χ3n) is 16.3. The number of carbonyl (C=O) groups excluding carboxylic acids is 1. The Bertz CT molecular complexity index is 1210. The van der Waals surface area contributed by atoms with E-state index in [4.69, 9.17) is 0 Å². The molecule has 0 rings (SSSR count). The van der Waals surface area contributed by atoms with Crippen LogP contribution in [-0.2, 0) is 4.79 Å². The number of rotatable bonds is 65. The highest BCUT2D eigenvalue weighted by Crippen LogP contribution is 2.19. The van der Waals surface area contributed by atoms with Gasteiger partial charge in [0, 0.05) is 6.42 Å². The highest BCUT2D eigenvalue weighted by molar-refractivity contribution is 5.76. The molecule has 3 N–H and O–H groups in total. The normalized spacial score (nSPS) is 12.9. The molecule has 0 saturated heterocycles. The molecule has 4 heteroatoms. The summed E-state index contributed by atoms with van der Waals surface area (Å²) in [5.41, 5.74) is 0. The fourth-order valence-electron chi connectivity index (χ4n) is 11.0. The molecule has 0 bridgehead atoms. The fraction of sp³-hybridized carbons (Fsp3) is 0.875. The van der Waals surface area contributed by atoms with E-state index in [9.17, 15) is 15.0 Å². The smallest absolute Gasteiger partial charge is 0.220 e. The first-order valence-corrected chi connectivity index (χ1v) is 34.9. The summed E-state index contributed by atoms with van der Waals surface area (Å²) in [5, 5.41) is 23.3. The number of aliphatic hydroxyl groups is 2. The second-order valence-corrected chi connectivity index (χ2v) is 23.9. The quantitative estimate of drug-likeness (QED) is 0.0420. The van der Waals surface area contributed by atoms with Crippen molar-refractivity contribution < 1.29 is 15.0 Å². The van der Waals surface area contributed by atoms with Crippen molar-refractivity contribution in [3.05, 3.63) is 48.6 Å². The summed E-state index contributed by atoms with van der Waals surface area (Å²) in [6.45, 7) is 4.34. The second-order valence-electron chi connectivity index (χ2n) is 23.9. The number of allylic oxidation sites excluding steroid dienone is 7. The predicted molar refractivity (Wildman–Crippen MR) is 341 cm³/mol. The molecule has 0 aliphatic heterocycles. The standard InChI is InChI=1S/C72H137NO3/c1-3-5-7-9-11-13-15-17-19-21-23-25-27-29-31-33-35-36-38-39-41-43-45-47-49-51-53-55-57-59-61-63-65-67-71(75)70(69-74)73-72(76)68-66-64-62-60-58-56-54-52-50-48-46-44-42-40-37-34-32-30-28-26-24-22-20-18-16-14-12-10-8-6-4-2/h22,24,49,51,57,59,65,67,70-71,74-75H,3-21,23,25-48,50,52-56,58,60-64,66,68-69H2,1-2H3,(H,73,76)/b24-22-,51-49+,59-57+,67-65+. The molecule has 0 aromatic rings. The van der Waals surface area contributed by atoms with Gasteiger partial charge in [-0.25, -0.2) is 0 Å². The van der Waals surface area contributed by atoms with Crippen LogP contribution in [0.4, 0.5) is 0 Å². The minimum atomic E-state index is -0.872. The van der Waals surface area contributed by atoms with E-state index in [1.807, 2.05) is 6.08 Å². The number of unbranched alkanes of at least 4 members (excludes halogenated alkanes) is 52. The lowest BCUT2D eigenvalue weighted by atomic mass is 10.0. The van der Waals surface area contributed by atoms with E-state index in [0.29, 0.717) is 6.42 Å². The van der Waals surface area contributed by atoms with Gasteiger partial charge in [0.1, 0.15) is 0 Å². The van der Waals surface area contributed by atoms with E-state index in [0.717, 1.165) is 38.5 Å².